The van der Waals surface area contributed by atoms with E-state index in [9.17, 15) is 4.79 Å². The molecule has 1 saturated carbocycles. The predicted molar refractivity (Wildman–Crippen MR) is 114 cm³/mol. The van der Waals surface area contributed by atoms with Crippen molar-refractivity contribution in [1.29, 1.82) is 0 Å². The number of urea groups is 1. The zero-order valence-electron chi connectivity index (χ0n) is 16.5. The van der Waals surface area contributed by atoms with Gasteiger partial charge in [0.2, 0.25) is 0 Å². The van der Waals surface area contributed by atoms with Gasteiger partial charge in [-0.05, 0) is 38.6 Å². The van der Waals surface area contributed by atoms with Crippen molar-refractivity contribution < 1.29 is 4.79 Å². The molecule has 2 amide bonds. The Balaban J connectivity index is 1.66. The molecule has 1 aliphatic heterocycles. The summed E-state index contributed by atoms with van der Waals surface area (Å²) >= 11 is 7.31. The van der Waals surface area contributed by atoms with Crippen LogP contribution in [0.25, 0.3) is 0 Å². The van der Waals surface area contributed by atoms with Gasteiger partial charge in [-0.3, -0.25) is 5.32 Å². The Morgan fingerprint density at radius 1 is 1.22 bits per heavy atom. The van der Waals surface area contributed by atoms with Crippen LogP contribution in [0.2, 0.25) is 4.34 Å². The first-order valence-electron chi connectivity index (χ1n) is 10.6. The lowest BCUT2D eigenvalue weighted by molar-refractivity contribution is 0.0951. The zero-order chi connectivity index (χ0) is 19.1. The van der Waals surface area contributed by atoms with Crippen molar-refractivity contribution in [2.45, 2.75) is 83.2 Å². The van der Waals surface area contributed by atoms with Crippen molar-refractivity contribution >= 4 is 34.1 Å². The minimum Gasteiger partial charge on any atom is -0.318 e. The van der Waals surface area contributed by atoms with Crippen LogP contribution in [-0.4, -0.2) is 52.5 Å². The van der Waals surface area contributed by atoms with E-state index in [-0.39, 0.29) is 6.03 Å². The summed E-state index contributed by atoms with van der Waals surface area (Å²) in [7, 11) is 0. The topological polar surface area (TPSA) is 48.5 Å². The van der Waals surface area contributed by atoms with Crippen LogP contribution in [0, 0.1) is 0 Å². The summed E-state index contributed by atoms with van der Waals surface area (Å²) < 4.78 is 0.607. The molecule has 0 aromatic carbocycles. The van der Waals surface area contributed by atoms with Gasteiger partial charge >= 0.3 is 6.03 Å². The van der Waals surface area contributed by atoms with Crippen molar-refractivity contribution in [3.63, 3.8) is 0 Å². The van der Waals surface area contributed by atoms with Crippen molar-refractivity contribution in [1.82, 2.24) is 14.8 Å². The lowest BCUT2D eigenvalue weighted by Gasteiger charge is -2.42. The number of unbranched alkanes of at least 4 members (excludes halogenated alkanes) is 1. The van der Waals surface area contributed by atoms with Crippen molar-refractivity contribution in [2.75, 3.05) is 25.0 Å². The van der Waals surface area contributed by atoms with Crippen LogP contribution in [0.3, 0.4) is 0 Å². The number of likely N-dealkylation sites (tertiary alicyclic amines) is 1. The zero-order valence-corrected chi connectivity index (χ0v) is 18.0. The number of thiazole rings is 1. The number of carbonyl (C=O) groups is 1. The van der Waals surface area contributed by atoms with Crippen LogP contribution in [0.1, 0.15) is 71.1 Å². The Morgan fingerprint density at radius 3 is 2.48 bits per heavy atom. The third-order valence-electron chi connectivity index (χ3n) is 5.92. The third kappa shape index (κ3) is 6.06. The van der Waals surface area contributed by atoms with Crippen LogP contribution in [0.15, 0.2) is 6.20 Å². The van der Waals surface area contributed by atoms with E-state index in [0.717, 1.165) is 38.8 Å². The molecule has 2 fully saturated rings. The van der Waals surface area contributed by atoms with E-state index in [1.165, 1.54) is 56.4 Å². The molecule has 3 rings (SSSR count). The van der Waals surface area contributed by atoms with E-state index in [4.69, 9.17) is 11.6 Å². The molecular weight excluding hydrogens is 380 g/mol. The highest BCUT2D eigenvalue weighted by Gasteiger charge is 2.33. The van der Waals surface area contributed by atoms with E-state index >= 15 is 0 Å². The lowest BCUT2D eigenvalue weighted by Crippen LogP contribution is -2.53. The summed E-state index contributed by atoms with van der Waals surface area (Å²) in [6.07, 6.45) is 13.6. The molecule has 2 aliphatic rings. The molecule has 0 bridgehead atoms. The fourth-order valence-corrected chi connectivity index (χ4v) is 5.24. The summed E-state index contributed by atoms with van der Waals surface area (Å²) in [5.41, 5.74) is 0. The third-order valence-corrected chi connectivity index (χ3v) is 6.95. The Hall–Kier alpha value is -0.850. The number of carbonyl (C=O) groups excluding carboxylic acids is 1. The number of piperidine rings is 1. The van der Waals surface area contributed by atoms with Gasteiger partial charge in [-0.25, -0.2) is 9.78 Å². The summed E-state index contributed by atoms with van der Waals surface area (Å²) in [6, 6.07) is 0.705. The Bertz CT molecular complexity index is 580. The second-order valence-electron chi connectivity index (χ2n) is 7.88. The molecule has 7 heteroatoms. The standard InChI is InChI=1S/C20H33ClN4OS/c1-2-3-12-24-13-10-17(11-14-24)25(16-8-6-4-5-7-9-16)20(26)23-19-22-15-18(21)27-19/h15-17H,2-14H2,1H3,(H,22,23,26). The van der Waals surface area contributed by atoms with E-state index < -0.39 is 0 Å². The SMILES string of the molecule is CCCCN1CCC(N(C(=O)Nc2ncc(Cl)s2)C2CCCCCC2)CC1. The van der Waals surface area contributed by atoms with E-state index in [1.807, 2.05) is 0 Å². The van der Waals surface area contributed by atoms with Crippen molar-refractivity contribution in [2.24, 2.45) is 0 Å². The Labute approximate surface area is 172 Å². The highest BCUT2D eigenvalue weighted by molar-refractivity contribution is 7.19. The quantitative estimate of drug-likeness (QED) is 0.617. The molecule has 0 spiro atoms. The largest absolute Gasteiger partial charge is 0.324 e. The molecule has 5 nitrogen and oxygen atoms in total. The highest BCUT2D eigenvalue weighted by atomic mass is 35.5. The highest BCUT2D eigenvalue weighted by Crippen LogP contribution is 2.29. The minimum absolute atomic E-state index is 0.0138. The Morgan fingerprint density at radius 2 is 1.89 bits per heavy atom. The van der Waals surface area contributed by atoms with Gasteiger partial charge in [-0.2, -0.15) is 0 Å². The lowest BCUT2D eigenvalue weighted by atomic mass is 9.98. The van der Waals surface area contributed by atoms with Gasteiger partial charge < -0.3 is 9.80 Å². The van der Waals surface area contributed by atoms with Gasteiger partial charge in [0.1, 0.15) is 4.34 Å². The fourth-order valence-electron chi connectivity index (χ4n) is 4.44. The number of nitrogens with one attached hydrogen (secondary N) is 1. The molecule has 2 heterocycles. The molecule has 0 atom stereocenters. The first-order chi connectivity index (χ1) is 13.2. The van der Waals surface area contributed by atoms with Gasteiger partial charge in [0.15, 0.2) is 5.13 Å². The van der Waals surface area contributed by atoms with Gasteiger partial charge in [-0.1, -0.05) is 62.0 Å². The normalized spacial score (nSPS) is 20.4. The van der Waals surface area contributed by atoms with Gasteiger partial charge in [-0.15, -0.1) is 0 Å². The maximum absolute atomic E-state index is 13.2. The van der Waals surface area contributed by atoms with E-state index in [1.54, 1.807) is 6.20 Å². The number of hydrogen-bond donors (Lipinski definition) is 1. The van der Waals surface area contributed by atoms with Gasteiger partial charge in [0, 0.05) is 25.2 Å². The van der Waals surface area contributed by atoms with Crippen LogP contribution < -0.4 is 5.32 Å². The van der Waals surface area contributed by atoms with Crippen LogP contribution in [0.5, 0.6) is 0 Å². The average Bonchev–Trinajstić information content (AvgIpc) is 2.91. The maximum Gasteiger partial charge on any atom is 0.324 e. The van der Waals surface area contributed by atoms with Gasteiger partial charge in [0.25, 0.3) is 0 Å². The monoisotopic (exact) mass is 412 g/mol. The molecule has 27 heavy (non-hydrogen) atoms. The molecule has 1 aliphatic carbocycles. The number of hydrogen-bond acceptors (Lipinski definition) is 4. The minimum atomic E-state index is 0.0138. The number of amides is 2. The molecule has 1 saturated heterocycles. The second-order valence-corrected chi connectivity index (χ2v) is 9.54. The van der Waals surface area contributed by atoms with Gasteiger partial charge in [0.05, 0.1) is 6.20 Å². The van der Waals surface area contributed by atoms with Crippen molar-refractivity contribution in [3.05, 3.63) is 10.5 Å². The predicted octanol–water partition coefficient (Wildman–Crippen LogP) is 5.62. The molecule has 0 radical (unpaired) electrons. The molecular formula is C20H33ClN4OS. The number of halogens is 1. The number of nitrogens with zero attached hydrogens (tertiary/aromatic N) is 3. The molecule has 152 valence electrons. The average molecular weight is 413 g/mol. The first kappa shape index (κ1) is 20.9. The second kappa shape index (κ2) is 10.6. The molecule has 0 unspecified atom stereocenters. The van der Waals surface area contributed by atoms with Crippen molar-refractivity contribution in [3.8, 4) is 0 Å². The summed E-state index contributed by atoms with van der Waals surface area (Å²) in [5.74, 6) is 0. The van der Waals surface area contributed by atoms with Crippen LogP contribution in [0.4, 0.5) is 9.93 Å². The fraction of sp³-hybridized carbons (Fsp3) is 0.800. The molecule has 1 aromatic rings. The number of aromatic nitrogens is 1. The summed E-state index contributed by atoms with van der Waals surface area (Å²) in [5, 5.41) is 3.62. The van der Waals surface area contributed by atoms with Crippen LogP contribution >= 0.6 is 22.9 Å². The molecule has 1 N–H and O–H groups in total. The Kier molecular flexibility index (Phi) is 8.22. The smallest absolute Gasteiger partial charge is 0.318 e. The maximum atomic E-state index is 13.2. The van der Waals surface area contributed by atoms with Crippen LogP contribution in [-0.2, 0) is 0 Å². The first-order valence-corrected chi connectivity index (χ1v) is 11.8. The molecule has 1 aromatic heterocycles. The van der Waals surface area contributed by atoms with E-state index in [2.05, 4.69) is 27.0 Å². The number of rotatable bonds is 6. The van der Waals surface area contributed by atoms with E-state index in [0.29, 0.717) is 21.6 Å². The summed E-state index contributed by atoms with van der Waals surface area (Å²) in [4.78, 5) is 22.2. The number of anilines is 1. The summed E-state index contributed by atoms with van der Waals surface area (Å²) in [6.45, 7) is 5.64.